The summed E-state index contributed by atoms with van der Waals surface area (Å²) in [6, 6.07) is 7.64. The Morgan fingerprint density at radius 1 is 1.30 bits per heavy atom. The van der Waals surface area contributed by atoms with E-state index in [1.165, 1.54) is 5.56 Å². The lowest BCUT2D eigenvalue weighted by molar-refractivity contribution is -0.121. The van der Waals surface area contributed by atoms with E-state index in [0.29, 0.717) is 29.4 Å². The first-order valence-electron chi connectivity index (χ1n) is 7.36. The van der Waals surface area contributed by atoms with E-state index >= 15 is 0 Å². The molecule has 124 valence electrons. The standard InChI is InChI=1S/C17H20Cl2N2OS/c1-21(2)16(13-7-8-23-11-13)10-20-17(22)6-4-12-3-5-14(18)9-15(12)19/h3,5,7-9,11,16H,4,6,10H2,1-2H3,(H,20,22). The number of thiophene rings is 1. The molecular formula is C17H20Cl2N2OS. The lowest BCUT2D eigenvalue weighted by atomic mass is 10.1. The number of carbonyl (C=O) groups excluding carboxylic acids is 1. The summed E-state index contributed by atoms with van der Waals surface area (Å²) < 4.78 is 0. The normalized spacial score (nSPS) is 12.4. The van der Waals surface area contributed by atoms with Crippen molar-refractivity contribution in [2.45, 2.75) is 18.9 Å². The number of nitrogens with one attached hydrogen (secondary N) is 1. The first-order chi connectivity index (χ1) is 11.0. The SMILES string of the molecule is CN(C)C(CNC(=O)CCc1ccc(Cl)cc1Cl)c1ccsc1. The van der Waals surface area contributed by atoms with Crippen molar-refractivity contribution in [2.24, 2.45) is 0 Å². The Bertz CT molecular complexity index is 644. The third kappa shape index (κ3) is 5.50. The fraction of sp³-hybridized carbons (Fsp3) is 0.353. The van der Waals surface area contributed by atoms with Gasteiger partial charge in [-0.3, -0.25) is 4.79 Å². The third-order valence-corrected chi connectivity index (χ3v) is 4.97. The number of aryl methyl sites for hydroxylation is 1. The number of hydrogen-bond acceptors (Lipinski definition) is 3. The lowest BCUT2D eigenvalue weighted by Crippen LogP contribution is -2.34. The summed E-state index contributed by atoms with van der Waals surface area (Å²) in [4.78, 5) is 14.2. The largest absolute Gasteiger partial charge is 0.354 e. The summed E-state index contributed by atoms with van der Waals surface area (Å²) in [7, 11) is 4.03. The van der Waals surface area contributed by atoms with Gasteiger partial charge in [0, 0.05) is 23.0 Å². The molecule has 1 N–H and O–H groups in total. The summed E-state index contributed by atoms with van der Waals surface area (Å²) in [5.74, 6) is 0.0260. The van der Waals surface area contributed by atoms with Gasteiger partial charge in [-0.25, -0.2) is 0 Å². The molecule has 1 heterocycles. The molecule has 0 spiro atoms. The molecule has 0 saturated heterocycles. The van der Waals surface area contributed by atoms with E-state index < -0.39 is 0 Å². The maximum absolute atomic E-state index is 12.1. The zero-order valence-corrected chi connectivity index (χ0v) is 15.5. The average Bonchev–Trinajstić information content (AvgIpc) is 3.00. The smallest absolute Gasteiger partial charge is 0.220 e. The predicted octanol–water partition coefficient (Wildman–Crippen LogP) is 4.41. The quantitative estimate of drug-likeness (QED) is 0.782. The van der Waals surface area contributed by atoms with Crippen LogP contribution in [0.1, 0.15) is 23.6 Å². The van der Waals surface area contributed by atoms with Crippen LogP contribution >= 0.6 is 34.5 Å². The molecule has 0 fully saturated rings. The average molecular weight is 371 g/mol. The highest BCUT2D eigenvalue weighted by molar-refractivity contribution is 7.07. The number of amides is 1. The molecular weight excluding hydrogens is 351 g/mol. The number of halogens is 2. The molecule has 0 saturated carbocycles. The predicted molar refractivity (Wildman–Crippen MR) is 98.5 cm³/mol. The second-order valence-corrected chi connectivity index (χ2v) is 7.20. The molecule has 1 atom stereocenters. The van der Waals surface area contributed by atoms with Gasteiger partial charge in [-0.15, -0.1) is 0 Å². The van der Waals surface area contributed by atoms with Crippen molar-refractivity contribution in [3.8, 4) is 0 Å². The zero-order chi connectivity index (χ0) is 16.8. The second kappa shape index (κ2) is 8.69. The maximum atomic E-state index is 12.1. The van der Waals surface area contributed by atoms with Crippen molar-refractivity contribution < 1.29 is 4.79 Å². The van der Waals surface area contributed by atoms with Gasteiger partial charge in [0.2, 0.25) is 5.91 Å². The molecule has 0 aliphatic heterocycles. The molecule has 1 unspecified atom stereocenters. The Balaban J connectivity index is 1.84. The van der Waals surface area contributed by atoms with Crippen molar-refractivity contribution in [3.05, 3.63) is 56.2 Å². The molecule has 3 nitrogen and oxygen atoms in total. The number of likely N-dealkylation sites (N-methyl/N-ethyl adjacent to an activating group) is 1. The minimum atomic E-state index is 0.0260. The van der Waals surface area contributed by atoms with Crippen molar-refractivity contribution in [1.29, 1.82) is 0 Å². The Morgan fingerprint density at radius 2 is 2.09 bits per heavy atom. The molecule has 0 radical (unpaired) electrons. The fourth-order valence-corrected chi connectivity index (χ4v) is 3.54. The Kier molecular flexibility index (Phi) is 6.90. The summed E-state index contributed by atoms with van der Waals surface area (Å²) in [6.45, 7) is 0.594. The monoisotopic (exact) mass is 370 g/mol. The maximum Gasteiger partial charge on any atom is 0.220 e. The Hall–Kier alpha value is -1.07. The van der Waals surface area contributed by atoms with Gasteiger partial charge in [0.25, 0.3) is 0 Å². The van der Waals surface area contributed by atoms with E-state index in [1.807, 2.05) is 20.2 Å². The van der Waals surface area contributed by atoms with Crippen LogP contribution in [0.3, 0.4) is 0 Å². The van der Waals surface area contributed by atoms with Crippen molar-refractivity contribution in [1.82, 2.24) is 10.2 Å². The fourth-order valence-electron chi connectivity index (χ4n) is 2.33. The topological polar surface area (TPSA) is 32.3 Å². The summed E-state index contributed by atoms with van der Waals surface area (Å²) in [5.41, 5.74) is 2.16. The molecule has 0 bridgehead atoms. The molecule has 6 heteroatoms. The summed E-state index contributed by atoms with van der Waals surface area (Å²) in [6.07, 6.45) is 1.01. The van der Waals surface area contributed by atoms with E-state index in [1.54, 1.807) is 23.5 Å². The summed E-state index contributed by atoms with van der Waals surface area (Å²) in [5, 5.41) is 8.39. The number of benzene rings is 1. The van der Waals surface area contributed by atoms with Crippen LogP contribution in [-0.4, -0.2) is 31.4 Å². The molecule has 1 amide bonds. The van der Waals surface area contributed by atoms with Crippen LogP contribution in [0.2, 0.25) is 10.0 Å². The van der Waals surface area contributed by atoms with Gasteiger partial charge in [-0.1, -0.05) is 29.3 Å². The van der Waals surface area contributed by atoms with Crippen LogP contribution in [0.5, 0.6) is 0 Å². The third-order valence-electron chi connectivity index (χ3n) is 3.68. The molecule has 0 aliphatic carbocycles. The van der Waals surface area contributed by atoms with Crippen LogP contribution in [-0.2, 0) is 11.2 Å². The van der Waals surface area contributed by atoms with Gasteiger partial charge in [0.15, 0.2) is 0 Å². The molecule has 1 aromatic heterocycles. The number of hydrogen-bond donors (Lipinski definition) is 1. The number of nitrogens with zero attached hydrogens (tertiary/aromatic N) is 1. The minimum absolute atomic E-state index is 0.0260. The van der Waals surface area contributed by atoms with E-state index in [9.17, 15) is 4.79 Å². The first-order valence-corrected chi connectivity index (χ1v) is 9.06. The highest BCUT2D eigenvalue weighted by atomic mass is 35.5. The van der Waals surface area contributed by atoms with E-state index in [0.717, 1.165) is 5.56 Å². The van der Waals surface area contributed by atoms with E-state index in [4.69, 9.17) is 23.2 Å². The highest BCUT2D eigenvalue weighted by Crippen LogP contribution is 2.22. The molecule has 2 rings (SSSR count). The zero-order valence-electron chi connectivity index (χ0n) is 13.2. The molecule has 23 heavy (non-hydrogen) atoms. The Morgan fingerprint density at radius 3 is 2.70 bits per heavy atom. The van der Waals surface area contributed by atoms with Crippen LogP contribution in [0.4, 0.5) is 0 Å². The molecule has 1 aromatic carbocycles. The molecule has 0 aliphatic rings. The number of rotatable bonds is 7. The van der Waals surface area contributed by atoms with Crippen LogP contribution in [0, 0.1) is 0 Å². The first kappa shape index (κ1) is 18.3. The van der Waals surface area contributed by atoms with E-state index in [2.05, 4.69) is 27.0 Å². The van der Waals surface area contributed by atoms with Crippen molar-refractivity contribution in [2.75, 3.05) is 20.6 Å². The van der Waals surface area contributed by atoms with Gasteiger partial charge < -0.3 is 10.2 Å². The summed E-state index contributed by atoms with van der Waals surface area (Å²) >= 11 is 13.7. The molecule has 2 aromatic rings. The van der Waals surface area contributed by atoms with Crippen LogP contribution in [0.15, 0.2) is 35.0 Å². The van der Waals surface area contributed by atoms with Crippen LogP contribution < -0.4 is 5.32 Å². The van der Waals surface area contributed by atoms with Gasteiger partial charge in [-0.2, -0.15) is 11.3 Å². The minimum Gasteiger partial charge on any atom is -0.354 e. The van der Waals surface area contributed by atoms with E-state index in [-0.39, 0.29) is 11.9 Å². The van der Waals surface area contributed by atoms with Crippen molar-refractivity contribution in [3.63, 3.8) is 0 Å². The Labute approximate surface area is 151 Å². The van der Waals surface area contributed by atoms with Gasteiger partial charge in [-0.05, 0) is 60.6 Å². The number of carbonyl (C=O) groups is 1. The highest BCUT2D eigenvalue weighted by Gasteiger charge is 2.15. The van der Waals surface area contributed by atoms with Gasteiger partial charge in [0.05, 0.1) is 6.04 Å². The second-order valence-electron chi connectivity index (χ2n) is 5.58. The van der Waals surface area contributed by atoms with Gasteiger partial charge in [0.1, 0.15) is 0 Å². The van der Waals surface area contributed by atoms with Crippen LogP contribution in [0.25, 0.3) is 0 Å². The lowest BCUT2D eigenvalue weighted by Gasteiger charge is -2.24. The van der Waals surface area contributed by atoms with Gasteiger partial charge >= 0.3 is 0 Å². The van der Waals surface area contributed by atoms with Crippen molar-refractivity contribution >= 4 is 40.4 Å².